The molecule has 0 aliphatic heterocycles. The number of ether oxygens (including phenoxy) is 1. The molecule has 0 saturated carbocycles. The molecule has 1 amide bonds. The predicted molar refractivity (Wildman–Crippen MR) is 97.8 cm³/mol. The second kappa shape index (κ2) is 8.50. The first-order valence-corrected chi connectivity index (χ1v) is 8.28. The number of amides is 1. The zero-order valence-corrected chi connectivity index (χ0v) is 14.7. The van der Waals surface area contributed by atoms with Gasteiger partial charge in [0.1, 0.15) is 5.75 Å². The van der Waals surface area contributed by atoms with Gasteiger partial charge in [0.2, 0.25) is 5.91 Å². The smallest absolute Gasteiger partial charge is 0.224 e. The van der Waals surface area contributed by atoms with Gasteiger partial charge in [0.05, 0.1) is 7.11 Å². The topological polar surface area (TPSA) is 55.6 Å². The molecule has 2 N–H and O–H groups in total. The number of carbonyl (C=O) groups excluding carboxylic acids is 1. The van der Waals surface area contributed by atoms with Gasteiger partial charge in [-0.05, 0) is 31.0 Å². The molecule has 0 aromatic heterocycles. The van der Waals surface area contributed by atoms with E-state index >= 15 is 0 Å². The quantitative estimate of drug-likeness (QED) is 0.848. The van der Waals surface area contributed by atoms with Gasteiger partial charge in [-0.15, -0.1) is 0 Å². The summed E-state index contributed by atoms with van der Waals surface area (Å²) >= 11 is 0. The first kappa shape index (κ1) is 18.0. The Labute approximate surface area is 144 Å². The molecule has 4 heteroatoms. The van der Waals surface area contributed by atoms with E-state index in [4.69, 9.17) is 10.5 Å². The molecule has 0 radical (unpaired) electrons. The second-order valence-corrected chi connectivity index (χ2v) is 6.05. The lowest BCUT2D eigenvalue weighted by Crippen LogP contribution is -2.37. The highest BCUT2D eigenvalue weighted by atomic mass is 16.5. The van der Waals surface area contributed by atoms with Crippen LogP contribution in [-0.2, 0) is 11.3 Å². The molecule has 2 aromatic carbocycles. The van der Waals surface area contributed by atoms with E-state index in [-0.39, 0.29) is 11.9 Å². The zero-order chi connectivity index (χ0) is 17.5. The Morgan fingerprint density at radius 2 is 1.79 bits per heavy atom. The van der Waals surface area contributed by atoms with E-state index < -0.39 is 0 Å². The molecule has 0 bridgehead atoms. The number of nitrogens with two attached hydrogens (primary N) is 1. The molecule has 128 valence electrons. The number of rotatable bonds is 7. The van der Waals surface area contributed by atoms with E-state index in [2.05, 4.69) is 24.3 Å². The monoisotopic (exact) mass is 326 g/mol. The number of methoxy groups -OCH3 is 1. The molecule has 0 heterocycles. The van der Waals surface area contributed by atoms with Crippen molar-refractivity contribution in [1.29, 1.82) is 0 Å². The molecule has 0 unspecified atom stereocenters. The summed E-state index contributed by atoms with van der Waals surface area (Å²) in [4.78, 5) is 14.1. The summed E-state index contributed by atoms with van der Waals surface area (Å²) < 4.78 is 5.42. The van der Waals surface area contributed by atoms with E-state index in [1.54, 1.807) is 7.11 Å². The molecule has 0 atom stereocenters. The summed E-state index contributed by atoms with van der Waals surface area (Å²) in [6.45, 7) is 5.03. The first-order chi connectivity index (χ1) is 11.6. The highest BCUT2D eigenvalue weighted by Gasteiger charge is 2.16. The van der Waals surface area contributed by atoms with Crippen molar-refractivity contribution in [2.45, 2.75) is 32.9 Å². The van der Waals surface area contributed by atoms with E-state index in [0.717, 1.165) is 22.4 Å². The lowest BCUT2D eigenvalue weighted by Gasteiger charge is -2.27. The van der Waals surface area contributed by atoms with Crippen molar-refractivity contribution < 1.29 is 9.53 Å². The summed E-state index contributed by atoms with van der Waals surface area (Å²) in [5.74, 6) is 0.952. The minimum absolute atomic E-state index is 0.0984. The molecule has 0 saturated heterocycles. The molecule has 2 aromatic rings. The second-order valence-electron chi connectivity index (χ2n) is 6.05. The van der Waals surface area contributed by atoms with Crippen molar-refractivity contribution in [3.63, 3.8) is 0 Å². The molecular weight excluding hydrogens is 300 g/mol. The lowest BCUT2D eigenvalue weighted by molar-refractivity contribution is -0.133. The van der Waals surface area contributed by atoms with Gasteiger partial charge in [-0.3, -0.25) is 4.79 Å². The van der Waals surface area contributed by atoms with Crippen molar-refractivity contribution in [1.82, 2.24) is 4.90 Å². The van der Waals surface area contributed by atoms with Crippen molar-refractivity contribution >= 4 is 5.91 Å². The maximum absolute atomic E-state index is 12.2. The first-order valence-electron chi connectivity index (χ1n) is 8.28. The number of benzene rings is 2. The zero-order valence-electron chi connectivity index (χ0n) is 14.7. The largest absolute Gasteiger partial charge is 0.496 e. The van der Waals surface area contributed by atoms with Crippen LogP contribution >= 0.6 is 0 Å². The van der Waals surface area contributed by atoms with Gasteiger partial charge in [-0.25, -0.2) is 0 Å². The summed E-state index contributed by atoms with van der Waals surface area (Å²) in [5.41, 5.74) is 8.78. The average molecular weight is 326 g/mol. The fraction of sp³-hybridized carbons (Fsp3) is 0.350. The van der Waals surface area contributed by atoms with Crippen LogP contribution in [0.2, 0.25) is 0 Å². The van der Waals surface area contributed by atoms with Crippen LogP contribution in [0.15, 0.2) is 48.5 Å². The maximum Gasteiger partial charge on any atom is 0.224 e. The van der Waals surface area contributed by atoms with Crippen LogP contribution in [0.4, 0.5) is 0 Å². The minimum Gasteiger partial charge on any atom is -0.496 e. The Balaban J connectivity index is 2.18. The third-order valence-electron chi connectivity index (χ3n) is 4.03. The number of para-hydroxylation sites is 1. The van der Waals surface area contributed by atoms with Crippen molar-refractivity contribution in [2.75, 3.05) is 13.7 Å². The molecule has 0 aliphatic carbocycles. The van der Waals surface area contributed by atoms with Crippen LogP contribution in [0.25, 0.3) is 11.1 Å². The number of carbonyl (C=O) groups is 1. The van der Waals surface area contributed by atoms with Crippen LogP contribution < -0.4 is 10.5 Å². The highest BCUT2D eigenvalue weighted by molar-refractivity contribution is 5.76. The minimum atomic E-state index is 0.0984. The summed E-state index contributed by atoms with van der Waals surface area (Å²) in [6.07, 6.45) is 0.386. The maximum atomic E-state index is 12.2. The van der Waals surface area contributed by atoms with E-state index in [0.29, 0.717) is 19.5 Å². The molecule has 24 heavy (non-hydrogen) atoms. The van der Waals surface area contributed by atoms with Crippen molar-refractivity contribution in [3.05, 3.63) is 54.1 Å². The standard InChI is InChI=1S/C20H26N2O2/c1-15(2)22(20(23)12-13-21)14-16-8-10-17(11-9-16)18-6-4-5-7-19(18)24-3/h4-11,15H,12-14,21H2,1-3H3. The number of hydrogen-bond donors (Lipinski definition) is 1. The summed E-state index contributed by atoms with van der Waals surface area (Å²) in [5, 5.41) is 0. The fourth-order valence-electron chi connectivity index (χ4n) is 2.70. The SMILES string of the molecule is COc1ccccc1-c1ccc(CN(C(=O)CCN)C(C)C)cc1. The molecule has 2 rings (SSSR count). The lowest BCUT2D eigenvalue weighted by atomic mass is 10.0. The summed E-state index contributed by atoms with van der Waals surface area (Å²) in [6, 6.07) is 16.4. The van der Waals surface area contributed by atoms with Crippen LogP contribution in [0.3, 0.4) is 0 Å². The van der Waals surface area contributed by atoms with Gasteiger partial charge in [-0.1, -0.05) is 42.5 Å². The third kappa shape index (κ3) is 4.36. The Hall–Kier alpha value is -2.33. The van der Waals surface area contributed by atoms with Crippen LogP contribution in [0.1, 0.15) is 25.8 Å². The molecular formula is C20H26N2O2. The van der Waals surface area contributed by atoms with Crippen LogP contribution in [-0.4, -0.2) is 30.5 Å². The molecule has 0 aliphatic rings. The molecule has 0 spiro atoms. The Morgan fingerprint density at radius 1 is 1.12 bits per heavy atom. The van der Waals surface area contributed by atoms with Gasteiger partial charge < -0.3 is 15.4 Å². The number of hydrogen-bond acceptors (Lipinski definition) is 3. The number of nitrogens with zero attached hydrogens (tertiary/aromatic N) is 1. The normalized spacial score (nSPS) is 10.7. The van der Waals surface area contributed by atoms with Gasteiger partial charge >= 0.3 is 0 Å². The van der Waals surface area contributed by atoms with Crippen LogP contribution in [0, 0.1) is 0 Å². The van der Waals surface area contributed by atoms with Gasteiger partial charge in [0.25, 0.3) is 0 Å². The van der Waals surface area contributed by atoms with E-state index in [1.807, 2.05) is 43.0 Å². The Morgan fingerprint density at radius 3 is 2.38 bits per heavy atom. The fourth-order valence-corrected chi connectivity index (χ4v) is 2.70. The van der Waals surface area contributed by atoms with Gasteiger partial charge in [0, 0.05) is 31.1 Å². The molecule has 4 nitrogen and oxygen atoms in total. The van der Waals surface area contributed by atoms with Crippen molar-refractivity contribution in [3.8, 4) is 16.9 Å². The van der Waals surface area contributed by atoms with Gasteiger partial charge in [-0.2, -0.15) is 0 Å². The molecule has 0 fully saturated rings. The van der Waals surface area contributed by atoms with E-state index in [1.165, 1.54) is 0 Å². The third-order valence-corrected chi connectivity index (χ3v) is 4.03. The predicted octanol–water partition coefficient (Wildman–Crippen LogP) is 3.45. The van der Waals surface area contributed by atoms with E-state index in [9.17, 15) is 4.79 Å². The van der Waals surface area contributed by atoms with Crippen molar-refractivity contribution in [2.24, 2.45) is 5.73 Å². The van der Waals surface area contributed by atoms with Crippen LogP contribution in [0.5, 0.6) is 5.75 Å². The van der Waals surface area contributed by atoms with Gasteiger partial charge in [0.15, 0.2) is 0 Å². The Bertz CT molecular complexity index is 666. The highest BCUT2D eigenvalue weighted by Crippen LogP contribution is 2.29. The Kier molecular flexibility index (Phi) is 6.38. The summed E-state index contributed by atoms with van der Waals surface area (Å²) in [7, 11) is 1.68. The average Bonchev–Trinajstić information content (AvgIpc) is 2.60.